The van der Waals surface area contributed by atoms with Crippen LogP contribution in [0.25, 0.3) is 32.7 Å². The minimum atomic E-state index is -0.252. The number of fused-ring (bicyclic) bond motifs is 10. The molecule has 0 aromatic heterocycles. The first-order chi connectivity index (χ1) is 31.8. The molecular formula is C61H46BN3. The number of rotatable bonds is 5. The highest BCUT2D eigenvalue weighted by molar-refractivity contribution is 7.01. The SMILES string of the molecule is Cc1cccc(C)c1N1c2cc3c(cc2B2c4c(cccc41)N(c1ccccc1)c1ccc4ccccc4c12)C(C)(C)c1cc2cc(N(c4ccccc4)c4ccccc4)ccc2cc1-3. The van der Waals surface area contributed by atoms with Crippen molar-refractivity contribution in [3.63, 3.8) is 0 Å². The lowest BCUT2D eigenvalue weighted by atomic mass is 9.32. The third-order valence-corrected chi connectivity index (χ3v) is 14.6. The highest BCUT2D eigenvalue weighted by Crippen LogP contribution is 2.54. The Balaban J connectivity index is 1.07. The summed E-state index contributed by atoms with van der Waals surface area (Å²) >= 11 is 0. The van der Waals surface area contributed by atoms with Crippen molar-refractivity contribution in [2.45, 2.75) is 33.1 Å². The molecule has 0 spiro atoms. The lowest BCUT2D eigenvalue weighted by Gasteiger charge is -2.45. The zero-order valence-corrected chi connectivity index (χ0v) is 37.0. The molecule has 3 aliphatic rings. The third-order valence-electron chi connectivity index (χ3n) is 14.6. The number of para-hydroxylation sites is 4. The quantitative estimate of drug-likeness (QED) is 0.160. The van der Waals surface area contributed by atoms with Gasteiger partial charge < -0.3 is 14.7 Å². The van der Waals surface area contributed by atoms with Crippen LogP contribution >= 0.6 is 0 Å². The van der Waals surface area contributed by atoms with E-state index in [4.69, 9.17) is 0 Å². The molecule has 1 aliphatic carbocycles. The fourth-order valence-electron chi connectivity index (χ4n) is 11.7. The standard InChI is InChI=1S/C61H46BN3/c1-39-18-16-19-40(2)60(39)65-55-29-17-28-54-59(55)62(58-48-27-15-14-20-41(48)31-33-56(58)64(54)46-25-12-7-13-26-46)53-38-52-50(37-57(53)65)49-35-42-30-32-47(34-43(42)36-51(49)61(52,3)4)63(44-21-8-5-9-22-44)45-23-10-6-11-24-45/h5-38H,1-4H3. The molecule has 10 aromatic rings. The van der Waals surface area contributed by atoms with Crippen molar-refractivity contribution >= 4 is 95.8 Å². The van der Waals surface area contributed by atoms with Crippen LogP contribution < -0.4 is 31.1 Å². The summed E-state index contributed by atoms with van der Waals surface area (Å²) in [5.41, 5.74) is 22.5. The highest BCUT2D eigenvalue weighted by Gasteiger charge is 2.46. The number of nitrogens with zero attached hydrogens (tertiary/aromatic N) is 3. The molecule has 0 unspecified atom stereocenters. The van der Waals surface area contributed by atoms with Gasteiger partial charge in [0, 0.05) is 50.9 Å². The van der Waals surface area contributed by atoms with Gasteiger partial charge in [-0.2, -0.15) is 0 Å². The molecular weight excluding hydrogens is 786 g/mol. The zero-order valence-electron chi connectivity index (χ0n) is 37.0. The maximum atomic E-state index is 2.61. The van der Waals surface area contributed by atoms with E-state index in [0.717, 1.165) is 22.7 Å². The number of aryl methyl sites for hydroxylation is 2. The summed E-state index contributed by atoms with van der Waals surface area (Å²) in [6, 6.07) is 76.8. The van der Waals surface area contributed by atoms with Crippen molar-refractivity contribution in [1.29, 1.82) is 0 Å². The van der Waals surface area contributed by atoms with Crippen LogP contribution in [0.3, 0.4) is 0 Å². The van der Waals surface area contributed by atoms with Crippen LogP contribution in [-0.4, -0.2) is 6.71 Å². The number of anilines is 9. The summed E-state index contributed by atoms with van der Waals surface area (Å²) in [5, 5.41) is 5.04. The van der Waals surface area contributed by atoms with E-state index in [1.54, 1.807) is 0 Å². The van der Waals surface area contributed by atoms with E-state index < -0.39 is 0 Å². The molecule has 0 atom stereocenters. The van der Waals surface area contributed by atoms with Gasteiger partial charge in [-0.3, -0.25) is 0 Å². The summed E-state index contributed by atoms with van der Waals surface area (Å²) < 4.78 is 0. The Bertz CT molecular complexity index is 3500. The number of benzene rings is 10. The maximum Gasteiger partial charge on any atom is 0.252 e. The molecule has 2 aliphatic heterocycles. The summed E-state index contributed by atoms with van der Waals surface area (Å²) in [6.07, 6.45) is 0. The van der Waals surface area contributed by atoms with E-state index in [1.807, 2.05) is 0 Å². The normalized spacial score (nSPS) is 13.9. The first kappa shape index (κ1) is 37.7. The van der Waals surface area contributed by atoms with Gasteiger partial charge in [-0.15, -0.1) is 0 Å². The van der Waals surface area contributed by atoms with Gasteiger partial charge in [0.15, 0.2) is 0 Å². The second-order valence-electron chi connectivity index (χ2n) is 18.6. The first-order valence-electron chi connectivity index (χ1n) is 22.9. The van der Waals surface area contributed by atoms with Crippen molar-refractivity contribution < 1.29 is 0 Å². The molecule has 65 heavy (non-hydrogen) atoms. The molecule has 4 heteroatoms. The molecule has 0 radical (unpaired) electrons. The van der Waals surface area contributed by atoms with Gasteiger partial charge in [-0.25, -0.2) is 0 Å². The van der Waals surface area contributed by atoms with Crippen molar-refractivity contribution in [1.82, 2.24) is 0 Å². The molecule has 308 valence electrons. The van der Waals surface area contributed by atoms with Crippen LogP contribution in [-0.2, 0) is 5.41 Å². The van der Waals surface area contributed by atoms with Crippen LogP contribution in [0.2, 0.25) is 0 Å². The largest absolute Gasteiger partial charge is 0.311 e. The topological polar surface area (TPSA) is 9.72 Å². The number of hydrogen-bond donors (Lipinski definition) is 0. The Morgan fingerprint density at radius 1 is 0.415 bits per heavy atom. The predicted molar refractivity (Wildman–Crippen MR) is 277 cm³/mol. The molecule has 0 saturated heterocycles. The molecule has 2 heterocycles. The van der Waals surface area contributed by atoms with E-state index in [9.17, 15) is 0 Å². The minimum Gasteiger partial charge on any atom is -0.311 e. The Labute approximate surface area is 381 Å². The highest BCUT2D eigenvalue weighted by atomic mass is 15.2. The summed E-state index contributed by atoms with van der Waals surface area (Å²) in [6.45, 7) is 9.42. The molecule has 13 rings (SSSR count). The van der Waals surface area contributed by atoms with Crippen molar-refractivity contribution in [2.24, 2.45) is 0 Å². The second-order valence-corrected chi connectivity index (χ2v) is 18.6. The van der Waals surface area contributed by atoms with Gasteiger partial charge in [0.2, 0.25) is 0 Å². The van der Waals surface area contributed by atoms with E-state index in [1.165, 1.54) is 99.8 Å². The fourth-order valence-corrected chi connectivity index (χ4v) is 11.7. The maximum absolute atomic E-state index is 2.61. The fraction of sp³-hybridized carbons (Fsp3) is 0.0820. The van der Waals surface area contributed by atoms with E-state index >= 15 is 0 Å². The molecule has 10 aromatic carbocycles. The molecule has 0 bridgehead atoms. The van der Waals surface area contributed by atoms with Crippen molar-refractivity contribution in [3.8, 4) is 11.1 Å². The Hall–Kier alpha value is -7.82. The van der Waals surface area contributed by atoms with Crippen molar-refractivity contribution in [3.05, 3.63) is 229 Å². The van der Waals surface area contributed by atoms with Crippen LogP contribution in [0.15, 0.2) is 206 Å². The van der Waals surface area contributed by atoms with Gasteiger partial charge >= 0.3 is 0 Å². The van der Waals surface area contributed by atoms with Gasteiger partial charge in [0.05, 0.1) is 5.69 Å². The summed E-state index contributed by atoms with van der Waals surface area (Å²) in [5.74, 6) is 0. The molecule has 0 fully saturated rings. The van der Waals surface area contributed by atoms with E-state index in [2.05, 4.69) is 249 Å². The third kappa shape index (κ3) is 5.50. The smallest absolute Gasteiger partial charge is 0.252 e. The van der Waals surface area contributed by atoms with Gasteiger partial charge in [0.25, 0.3) is 6.71 Å². The Kier molecular flexibility index (Phi) is 8.18. The summed E-state index contributed by atoms with van der Waals surface area (Å²) in [4.78, 5) is 7.48. The molecule has 0 saturated carbocycles. The minimum absolute atomic E-state index is 0.00577. The van der Waals surface area contributed by atoms with Gasteiger partial charge in [-0.05, 0) is 170 Å². The van der Waals surface area contributed by atoms with Crippen molar-refractivity contribution in [2.75, 3.05) is 14.7 Å². The Morgan fingerprint density at radius 3 is 1.72 bits per heavy atom. The first-order valence-corrected chi connectivity index (χ1v) is 22.9. The Morgan fingerprint density at radius 2 is 1.00 bits per heavy atom. The lowest BCUT2D eigenvalue weighted by Crippen LogP contribution is -2.61. The average molecular weight is 832 g/mol. The number of hydrogen-bond acceptors (Lipinski definition) is 3. The lowest BCUT2D eigenvalue weighted by molar-refractivity contribution is 0.661. The van der Waals surface area contributed by atoms with Crippen LogP contribution in [0.4, 0.5) is 51.2 Å². The van der Waals surface area contributed by atoms with Crippen LogP contribution in [0.5, 0.6) is 0 Å². The predicted octanol–water partition coefficient (Wildman–Crippen LogP) is 14.5. The molecule has 3 nitrogen and oxygen atoms in total. The zero-order chi connectivity index (χ0) is 43.6. The van der Waals surface area contributed by atoms with Gasteiger partial charge in [0.1, 0.15) is 0 Å². The molecule has 0 N–H and O–H groups in total. The van der Waals surface area contributed by atoms with Crippen LogP contribution in [0, 0.1) is 13.8 Å². The average Bonchev–Trinajstić information content (AvgIpc) is 3.55. The van der Waals surface area contributed by atoms with E-state index in [-0.39, 0.29) is 12.1 Å². The monoisotopic (exact) mass is 831 g/mol. The van der Waals surface area contributed by atoms with Gasteiger partial charge in [-0.1, -0.05) is 135 Å². The summed E-state index contributed by atoms with van der Waals surface area (Å²) in [7, 11) is 0. The molecule has 0 amide bonds. The second kappa shape index (κ2) is 14.1. The van der Waals surface area contributed by atoms with Crippen LogP contribution in [0.1, 0.15) is 36.1 Å². The van der Waals surface area contributed by atoms with E-state index in [0.29, 0.717) is 0 Å².